The first kappa shape index (κ1) is 14.6. The molecule has 0 aliphatic heterocycles. The molecule has 108 valence electrons. The predicted molar refractivity (Wildman–Crippen MR) is 77.7 cm³/mol. The molecule has 2 rings (SSSR count). The van der Waals surface area contributed by atoms with Gasteiger partial charge in [0.15, 0.2) is 0 Å². The molecule has 1 amide bonds. The number of aliphatic carboxylic acids is 1. The summed E-state index contributed by atoms with van der Waals surface area (Å²) in [5, 5.41) is 11.9. The van der Waals surface area contributed by atoms with E-state index in [2.05, 4.69) is 5.32 Å². The zero-order valence-electron chi connectivity index (χ0n) is 11.8. The summed E-state index contributed by atoms with van der Waals surface area (Å²) in [5.41, 5.74) is 1.48. The molecule has 1 unspecified atom stereocenters. The number of carboxylic acid groups (broad SMARTS) is 1. The van der Waals surface area contributed by atoms with Gasteiger partial charge in [-0.2, -0.15) is 0 Å². The third-order valence-corrected chi connectivity index (χ3v) is 4.02. The Morgan fingerprint density at radius 2 is 1.75 bits per heavy atom. The van der Waals surface area contributed by atoms with E-state index in [-0.39, 0.29) is 11.8 Å². The summed E-state index contributed by atoms with van der Waals surface area (Å²) >= 11 is 0. The van der Waals surface area contributed by atoms with E-state index in [0.29, 0.717) is 0 Å². The Kier molecular flexibility index (Phi) is 4.77. The van der Waals surface area contributed by atoms with Crippen LogP contribution in [-0.4, -0.2) is 17.0 Å². The number of nitrogens with one attached hydrogen (secondary N) is 1. The lowest BCUT2D eigenvalue weighted by Crippen LogP contribution is -2.24. The lowest BCUT2D eigenvalue weighted by molar-refractivity contribution is -0.138. The van der Waals surface area contributed by atoms with Crippen LogP contribution in [0.15, 0.2) is 24.3 Å². The average molecular weight is 275 g/mol. The van der Waals surface area contributed by atoms with E-state index in [4.69, 9.17) is 5.11 Å². The molecule has 0 saturated heterocycles. The summed E-state index contributed by atoms with van der Waals surface area (Å²) in [6, 6.07) is 7.07. The number of amides is 1. The van der Waals surface area contributed by atoms with Crippen molar-refractivity contribution in [2.45, 2.75) is 44.9 Å². The number of hydrogen-bond donors (Lipinski definition) is 2. The van der Waals surface area contributed by atoms with E-state index < -0.39 is 11.9 Å². The standard InChI is InChI=1S/C16H21NO3/c1-11(16(19)20)12-7-9-14(10-8-12)17-15(18)13-5-3-2-4-6-13/h7-11,13H,2-6H2,1H3,(H,17,18)(H,19,20). The number of carboxylic acids is 1. The lowest BCUT2D eigenvalue weighted by Gasteiger charge is -2.20. The van der Waals surface area contributed by atoms with E-state index in [1.807, 2.05) is 0 Å². The normalized spacial score (nSPS) is 17.4. The van der Waals surface area contributed by atoms with Crippen LogP contribution in [0.2, 0.25) is 0 Å². The number of anilines is 1. The van der Waals surface area contributed by atoms with E-state index in [9.17, 15) is 9.59 Å². The van der Waals surface area contributed by atoms with Crippen molar-refractivity contribution in [2.24, 2.45) is 5.92 Å². The minimum Gasteiger partial charge on any atom is -0.481 e. The van der Waals surface area contributed by atoms with E-state index >= 15 is 0 Å². The molecule has 1 aliphatic carbocycles. The molecular weight excluding hydrogens is 254 g/mol. The topological polar surface area (TPSA) is 66.4 Å². The van der Waals surface area contributed by atoms with Crippen molar-refractivity contribution in [3.63, 3.8) is 0 Å². The van der Waals surface area contributed by atoms with Gasteiger partial charge >= 0.3 is 5.97 Å². The number of rotatable bonds is 4. The summed E-state index contributed by atoms with van der Waals surface area (Å²) in [6.45, 7) is 1.65. The third-order valence-electron chi connectivity index (χ3n) is 4.02. The van der Waals surface area contributed by atoms with Crippen LogP contribution in [0, 0.1) is 5.92 Å². The van der Waals surface area contributed by atoms with Crippen molar-refractivity contribution >= 4 is 17.6 Å². The Morgan fingerprint density at radius 3 is 2.30 bits per heavy atom. The molecular formula is C16H21NO3. The third kappa shape index (κ3) is 3.59. The van der Waals surface area contributed by atoms with Crippen molar-refractivity contribution in [3.05, 3.63) is 29.8 Å². The van der Waals surface area contributed by atoms with E-state index in [0.717, 1.165) is 36.9 Å². The van der Waals surface area contributed by atoms with Crippen LogP contribution in [0.25, 0.3) is 0 Å². The van der Waals surface area contributed by atoms with Crippen molar-refractivity contribution in [1.82, 2.24) is 0 Å². The SMILES string of the molecule is CC(C(=O)O)c1ccc(NC(=O)C2CCCCC2)cc1. The van der Waals surface area contributed by atoms with Gasteiger partial charge in [0.05, 0.1) is 5.92 Å². The maximum Gasteiger partial charge on any atom is 0.310 e. The maximum atomic E-state index is 12.1. The molecule has 0 spiro atoms. The Morgan fingerprint density at radius 1 is 1.15 bits per heavy atom. The Labute approximate surface area is 119 Å². The largest absolute Gasteiger partial charge is 0.481 e. The van der Waals surface area contributed by atoms with Gasteiger partial charge in [0.25, 0.3) is 0 Å². The number of hydrogen-bond acceptors (Lipinski definition) is 2. The second kappa shape index (κ2) is 6.55. The van der Waals surface area contributed by atoms with Gasteiger partial charge in [-0.3, -0.25) is 9.59 Å². The van der Waals surface area contributed by atoms with Gasteiger partial charge in [-0.05, 0) is 37.5 Å². The number of carbonyl (C=O) groups is 2. The zero-order valence-corrected chi connectivity index (χ0v) is 11.8. The fourth-order valence-electron chi connectivity index (χ4n) is 2.61. The average Bonchev–Trinajstić information content (AvgIpc) is 2.48. The van der Waals surface area contributed by atoms with E-state index in [1.54, 1.807) is 31.2 Å². The first-order valence-electron chi connectivity index (χ1n) is 7.21. The molecule has 4 heteroatoms. The van der Waals surface area contributed by atoms with Gasteiger partial charge < -0.3 is 10.4 Å². The summed E-state index contributed by atoms with van der Waals surface area (Å²) < 4.78 is 0. The molecule has 2 N–H and O–H groups in total. The van der Waals surface area contributed by atoms with Gasteiger partial charge in [-0.1, -0.05) is 31.4 Å². The molecule has 0 bridgehead atoms. The smallest absolute Gasteiger partial charge is 0.310 e. The first-order valence-corrected chi connectivity index (χ1v) is 7.21. The zero-order chi connectivity index (χ0) is 14.5. The maximum absolute atomic E-state index is 12.1. The number of benzene rings is 1. The van der Waals surface area contributed by atoms with Gasteiger partial charge in [-0.25, -0.2) is 0 Å². The van der Waals surface area contributed by atoms with E-state index in [1.165, 1.54) is 6.42 Å². The Balaban J connectivity index is 1.96. The molecule has 4 nitrogen and oxygen atoms in total. The summed E-state index contributed by atoms with van der Waals surface area (Å²) in [5.74, 6) is -1.16. The van der Waals surface area contributed by atoms with Crippen LogP contribution in [0.5, 0.6) is 0 Å². The van der Waals surface area contributed by atoms with Crippen LogP contribution in [0.3, 0.4) is 0 Å². The molecule has 1 saturated carbocycles. The molecule has 1 fully saturated rings. The van der Waals surface area contributed by atoms with Gasteiger partial charge in [0, 0.05) is 11.6 Å². The van der Waals surface area contributed by atoms with Gasteiger partial charge in [0.2, 0.25) is 5.91 Å². The highest BCUT2D eigenvalue weighted by atomic mass is 16.4. The van der Waals surface area contributed by atoms with Crippen LogP contribution in [0.1, 0.15) is 50.5 Å². The minimum atomic E-state index is -0.844. The van der Waals surface area contributed by atoms with Gasteiger partial charge in [0.1, 0.15) is 0 Å². The highest BCUT2D eigenvalue weighted by molar-refractivity contribution is 5.92. The first-order chi connectivity index (χ1) is 9.58. The van der Waals surface area contributed by atoms with Crippen LogP contribution in [0.4, 0.5) is 5.69 Å². The van der Waals surface area contributed by atoms with Crippen molar-refractivity contribution < 1.29 is 14.7 Å². The van der Waals surface area contributed by atoms with Crippen LogP contribution >= 0.6 is 0 Å². The molecule has 0 aromatic heterocycles. The van der Waals surface area contributed by atoms with Crippen molar-refractivity contribution in [3.8, 4) is 0 Å². The van der Waals surface area contributed by atoms with Gasteiger partial charge in [-0.15, -0.1) is 0 Å². The molecule has 0 radical (unpaired) electrons. The van der Waals surface area contributed by atoms with Crippen LogP contribution < -0.4 is 5.32 Å². The quantitative estimate of drug-likeness (QED) is 0.885. The molecule has 20 heavy (non-hydrogen) atoms. The molecule has 0 heterocycles. The second-order valence-corrected chi connectivity index (χ2v) is 5.51. The highest BCUT2D eigenvalue weighted by Gasteiger charge is 2.21. The summed E-state index contributed by atoms with van der Waals surface area (Å²) in [6.07, 6.45) is 5.44. The highest BCUT2D eigenvalue weighted by Crippen LogP contribution is 2.25. The van der Waals surface area contributed by atoms with Crippen molar-refractivity contribution in [1.29, 1.82) is 0 Å². The summed E-state index contributed by atoms with van der Waals surface area (Å²) in [7, 11) is 0. The number of carbonyl (C=O) groups excluding carboxylic acids is 1. The van der Waals surface area contributed by atoms with Crippen molar-refractivity contribution in [2.75, 3.05) is 5.32 Å². The Bertz CT molecular complexity index is 475. The minimum absolute atomic E-state index is 0.0868. The Hall–Kier alpha value is -1.84. The molecule has 1 atom stereocenters. The molecule has 1 aliphatic rings. The second-order valence-electron chi connectivity index (χ2n) is 5.51. The predicted octanol–water partition coefficient (Wildman–Crippen LogP) is 3.39. The molecule has 1 aromatic rings. The lowest BCUT2D eigenvalue weighted by atomic mass is 9.88. The molecule has 1 aromatic carbocycles. The summed E-state index contributed by atoms with van der Waals surface area (Å²) in [4.78, 5) is 23.0. The fraction of sp³-hybridized carbons (Fsp3) is 0.500. The fourth-order valence-corrected chi connectivity index (χ4v) is 2.61. The monoisotopic (exact) mass is 275 g/mol. The van der Waals surface area contributed by atoms with Crippen LogP contribution in [-0.2, 0) is 9.59 Å².